The Kier molecular flexibility index (Phi) is 1.98. The summed E-state index contributed by atoms with van der Waals surface area (Å²) in [6.45, 7) is 0. The molecule has 0 bridgehead atoms. The predicted molar refractivity (Wildman–Crippen MR) is 46.4 cm³/mol. The van der Waals surface area contributed by atoms with Crippen molar-refractivity contribution in [1.29, 1.82) is 0 Å². The van der Waals surface area contributed by atoms with E-state index in [4.69, 9.17) is 0 Å². The van der Waals surface area contributed by atoms with Crippen LogP contribution in [-0.4, -0.2) is 4.98 Å². The summed E-state index contributed by atoms with van der Waals surface area (Å²) in [5, 5.41) is 21.9. The molecular formula is C9H6N3O2. The average Bonchev–Trinajstić information content (AvgIpc) is 2.20. The van der Waals surface area contributed by atoms with Gasteiger partial charge in [-0.15, -0.1) is 0 Å². The lowest BCUT2D eigenvalue weighted by Crippen LogP contribution is -2.30. The molecule has 2 heterocycles. The van der Waals surface area contributed by atoms with Gasteiger partial charge in [0.1, 0.15) is 0 Å². The second-order valence-corrected chi connectivity index (χ2v) is 2.65. The number of hydrogen-bond acceptors (Lipinski definition) is 3. The van der Waals surface area contributed by atoms with Crippen molar-refractivity contribution in [3.8, 4) is 11.4 Å². The van der Waals surface area contributed by atoms with Gasteiger partial charge in [-0.1, -0.05) is 0 Å². The summed E-state index contributed by atoms with van der Waals surface area (Å²) in [7, 11) is 0. The van der Waals surface area contributed by atoms with E-state index >= 15 is 0 Å². The van der Waals surface area contributed by atoms with Crippen LogP contribution in [0.2, 0.25) is 0 Å². The van der Waals surface area contributed by atoms with E-state index in [2.05, 4.69) is 11.3 Å². The molecule has 0 atom stereocenters. The second kappa shape index (κ2) is 3.29. The summed E-state index contributed by atoms with van der Waals surface area (Å²) >= 11 is 0. The first-order valence-electron chi connectivity index (χ1n) is 3.94. The number of nitrogens with zero attached hydrogens (tertiary/aromatic N) is 3. The van der Waals surface area contributed by atoms with Crippen LogP contribution in [0.3, 0.4) is 0 Å². The number of hydrogen-bond donors (Lipinski definition) is 0. The minimum atomic E-state index is 0.393. The van der Waals surface area contributed by atoms with Crippen LogP contribution in [0.15, 0.2) is 36.7 Å². The third-order valence-corrected chi connectivity index (χ3v) is 1.72. The van der Waals surface area contributed by atoms with Gasteiger partial charge in [0.05, 0.1) is 6.20 Å². The van der Waals surface area contributed by atoms with Gasteiger partial charge < -0.3 is 10.4 Å². The van der Waals surface area contributed by atoms with Crippen molar-refractivity contribution in [1.82, 2.24) is 4.98 Å². The van der Waals surface area contributed by atoms with Crippen molar-refractivity contribution >= 4 is 0 Å². The van der Waals surface area contributed by atoms with E-state index < -0.39 is 0 Å². The fourth-order valence-corrected chi connectivity index (χ4v) is 1.08. The standard InChI is InChI=1S/C9H6N3O2/c13-11-6-4-8(10-7-11)9-3-1-2-5-12(9)14/h1-6H. The van der Waals surface area contributed by atoms with Crippen molar-refractivity contribution in [3.63, 3.8) is 0 Å². The first kappa shape index (κ1) is 8.43. The molecule has 2 aromatic rings. The lowest BCUT2D eigenvalue weighted by atomic mass is 10.2. The molecule has 0 saturated heterocycles. The van der Waals surface area contributed by atoms with Gasteiger partial charge in [0, 0.05) is 18.2 Å². The first-order chi connectivity index (χ1) is 6.77. The van der Waals surface area contributed by atoms with Crippen LogP contribution in [0.25, 0.3) is 11.4 Å². The fraction of sp³-hybridized carbons (Fsp3) is 0. The Morgan fingerprint density at radius 3 is 2.64 bits per heavy atom. The minimum absolute atomic E-state index is 0.393. The van der Waals surface area contributed by atoms with E-state index in [1.54, 1.807) is 18.2 Å². The van der Waals surface area contributed by atoms with Gasteiger partial charge in [-0.05, 0) is 11.1 Å². The minimum Gasteiger partial charge on any atom is -0.710 e. The molecule has 0 aliphatic heterocycles. The summed E-state index contributed by atoms with van der Waals surface area (Å²) in [6, 6.07) is 6.44. The van der Waals surface area contributed by atoms with Crippen LogP contribution < -0.4 is 9.46 Å². The van der Waals surface area contributed by atoms with Crippen molar-refractivity contribution in [2.24, 2.45) is 0 Å². The maximum atomic E-state index is 11.3. The van der Waals surface area contributed by atoms with Crippen LogP contribution in [0.4, 0.5) is 0 Å². The van der Waals surface area contributed by atoms with E-state index in [0.29, 0.717) is 20.8 Å². The maximum absolute atomic E-state index is 11.3. The van der Waals surface area contributed by atoms with Crippen LogP contribution in [0.5, 0.6) is 0 Å². The quantitative estimate of drug-likeness (QED) is 0.460. The molecule has 0 aliphatic carbocycles. The molecule has 0 amide bonds. The predicted octanol–water partition coefficient (Wildman–Crippen LogP) is -0.184. The summed E-state index contributed by atoms with van der Waals surface area (Å²) in [5.74, 6) is 0. The van der Waals surface area contributed by atoms with Gasteiger partial charge >= 0.3 is 6.33 Å². The van der Waals surface area contributed by atoms with Crippen LogP contribution in [-0.2, 0) is 0 Å². The summed E-state index contributed by atoms with van der Waals surface area (Å²) in [4.78, 5) is 3.71. The monoisotopic (exact) mass is 188 g/mol. The molecule has 69 valence electrons. The highest BCUT2D eigenvalue weighted by molar-refractivity contribution is 5.48. The van der Waals surface area contributed by atoms with E-state index in [1.165, 1.54) is 18.5 Å². The van der Waals surface area contributed by atoms with Crippen molar-refractivity contribution in [2.45, 2.75) is 0 Å². The lowest BCUT2D eigenvalue weighted by molar-refractivity contribution is -0.614. The number of aromatic nitrogens is 3. The smallest absolute Gasteiger partial charge is 0.422 e. The third-order valence-electron chi connectivity index (χ3n) is 1.72. The molecular weight excluding hydrogens is 182 g/mol. The molecule has 5 nitrogen and oxygen atoms in total. The normalized spacial score (nSPS) is 10.0. The highest BCUT2D eigenvalue weighted by Gasteiger charge is 2.13. The largest absolute Gasteiger partial charge is 0.710 e. The Hall–Kier alpha value is -2.17. The molecule has 0 aromatic carbocycles. The Morgan fingerprint density at radius 1 is 1.14 bits per heavy atom. The van der Waals surface area contributed by atoms with Gasteiger partial charge in [-0.2, -0.15) is 4.73 Å². The number of pyridine rings is 1. The van der Waals surface area contributed by atoms with E-state index in [0.717, 1.165) is 0 Å². The Balaban J connectivity index is 2.50. The molecule has 0 saturated carbocycles. The zero-order valence-corrected chi connectivity index (χ0v) is 7.12. The third kappa shape index (κ3) is 1.47. The average molecular weight is 188 g/mol. The fourth-order valence-electron chi connectivity index (χ4n) is 1.08. The zero-order chi connectivity index (χ0) is 9.97. The molecule has 2 aromatic heterocycles. The van der Waals surface area contributed by atoms with Crippen LogP contribution in [0, 0.1) is 16.7 Å². The first-order valence-corrected chi connectivity index (χ1v) is 3.94. The molecule has 0 fully saturated rings. The van der Waals surface area contributed by atoms with E-state index in [9.17, 15) is 10.4 Å². The topological polar surface area (TPSA) is 66.8 Å². The summed E-state index contributed by atoms with van der Waals surface area (Å²) < 4.78 is 1.13. The highest BCUT2D eigenvalue weighted by atomic mass is 16.5. The molecule has 5 heteroatoms. The molecule has 0 aliphatic rings. The highest BCUT2D eigenvalue weighted by Crippen LogP contribution is 2.08. The Bertz CT molecular complexity index is 442. The Labute approximate surface area is 80.1 Å². The van der Waals surface area contributed by atoms with Crippen LogP contribution >= 0.6 is 0 Å². The second-order valence-electron chi connectivity index (χ2n) is 2.65. The lowest BCUT2D eigenvalue weighted by Gasteiger charge is -2.00. The zero-order valence-electron chi connectivity index (χ0n) is 7.12. The molecule has 0 spiro atoms. The van der Waals surface area contributed by atoms with Crippen LogP contribution in [0.1, 0.15) is 0 Å². The van der Waals surface area contributed by atoms with E-state index in [1.807, 2.05) is 0 Å². The van der Waals surface area contributed by atoms with Crippen molar-refractivity contribution in [3.05, 3.63) is 53.4 Å². The SMILES string of the molecule is [O-][n+]1[c]nc(-c2cccc[n+]2[O-])cc1. The van der Waals surface area contributed by atoms with Gasteiger partial charge in [0.2, 0.25) is 0 Å². The molecule has 0 unspecified atom stereocenters. The number of rotatable bonds is 1. The summed E-state index contributed by atoms with van der Waals surface area (Å²) in [6.07, 6.45) is 4.80. The van der Waals surface area contributed by atoms with Gasteiger partial charge in [0.25, 0.3) is 11.4 Å². The van der Waals surface area contributed by atoms with Crippen molar-refractivity contribution in [2.75, 3.05) is 0 Å². The van der Waals surface area contributed by atoms with Gasteiger partial charge in [-0.3, -0.25) is 0 Å². The van der Waals surface area contributed by atoms with Gasteiger partial charge in [-0.25, -0.2) is 4.73 Å². The molecule has 2 rings (SSSR count). The van der Waals surface area contributed by atoms with E-state index in [-0.39, 0.29) is 0 Å². The van der Waals surface area contributed by atoms with Gasteiger partial charge in [0.15, 0.2) is 6.20 Å². The molecule has 1 radical (unpaired) electrons. The molecule has 0 N–H and O–H groups in total. The Morgan fingerprint density at radius 2 is 2.00 bits per heavy atom. The van der Waals surface area contributed by atoms with Crippen molar-refractivity contribution < 1.29 is 9.46 Å². The summed E-state index contributed by atoms with van der Waals surface area (Å²) in [5.41, 5.74) is 0.817. The maximum Gasteiger partial charge on any atom is 0.422 e. The molecule has 14 heavy (non-hydrogen) atoms.